The Bertz CT molecular complexity index is 542. The zero-order chi connectivity index (χ0) is 15.7. The van der Waals surface area contributed by atoms with Gasteiger partial charge in [0.1, 0.15) is 5.78 Å². The van der Waals surface area contributed by atoms with Crippen LogP contribution < -0.4 is 0 Å². The monoisotopic (exact) mass is 354 g/mol. The molecule has 110 valence electrons. The highest BCUT2D eigenvalue weighted by Gasteiger charge is 2.39. The first-order valence-corrected chi connectivity index (χ1v) is 6.24. The van der Waals surface area contributed by atoms with E-state index in [-0.39, 0.29) is 5.56 Å². The Morgan fingerprint density at radius 3 is 2.25 bits per heavy atom. The van der Waals surface area contributed by atoms with E-state index >= 15 is 0 Å². The van der Waals surface area contributed by atoms with Crippen LogP contribution in [0.25, 0.3) is 0 Å². The summed E-state index contributed by atoms with van der Waals surface area (Å²) in [7, 11) is 0. The minimum absolute atomic E-state index is 0.220. The lowest BCUT2D eigenvalue weighted by molar-refractivity contribution is -0.149. The van der Waals surface area contributed by atoms with Crippen LogP contribution in [0.15, 0.2) is 18.2 Å². The standard InChI is InChI=1S/C12H10BrF3O4/c1-5(17)9(13)6-3-2-4-7(12(14,15)16)8(6)10(18)11(19)20/h2-4,9-10,18H,1H3,(H,19,20). The molecule has 0 saturated heterocycles. The first-order valence-electron chi connectivity index (χ1n) is 5.32. The lowest BCUT2D eigenvalue weighted by Gasteiger charge is -2.20. The molecule has 0 amide bonds. The van der Waals surface area contributed by atoms with E-state index in [9.17, 15) is 27.9 Å². The van der Waals surface area contributed by atoms with Gasteiger partial charge < -0.3 is 10.2 Å². The van der Waals surface area contributed by atoms with Crippen molar-refractivity contribution in [3.05, 3.63) is 34.9 Å². The number of Topliss-reactive ketones (excluding diaryl/α,β-unsaturated/α-hetero) is 1. The molecule has 0 aliphatic rings. The van der Waals surface area contributed by atoms with E-state index < -0.39 is 40.0 Å². The molecule has 1 aromatic carbocycles. The number of carboxylic acid groups (broad SMARTS) is 1. The molecule has 0 saturated carbocycles. The third-order valence-corrected chi connectivity index (χ3v) is 3.72. The summed E-state index contributed by atoms with van der Waals surface area (Å²) in [6, 6.07) is 2.87. The molecule has 0 aromatic heterocycles. The minimum atomic E-state index is -4.84. The number of alkyl halides is 4. The lowest BCUT2D eigenvalue weighted by atomic mass is 9.93. The molecule has 2 N–H and O–H groups in total. The zero-order valence-electron chi connectivity index (χ0n) is 10.1. The van der Waals surface area contributed by atoms with E-state index in [1.165, 1.54) is 0 Å². The first kappa shape index (κ1) is 16.6. The quantitative estimate of drug-likeness (QED) is 0.815. The van der Waals surface area contributed by atoms with Crippen molar-refractivity contribution in [2.24, 2.45) is 0 Å². The van der Waals surface area contributed by atoms with E-state index in [0.29, 0.717) is 6.07 Å². The molecule has 0 aliphatic heterocycles. The molecule has 8 heteroatoms. The van der Waals surface area contributed by atoms with Gasteiger partial charge >= 0.3 is 12.1 Å². The second-order valence-corrected chi connectivity index (χ2v) is 4.94. The van der Waals surface area contributed by atoms with Crippen LogP contribution in [0.1, 0.15) is 34.5 Å². The van der Waals surface area contributed by atoms with Crippen LogP contribution in [-0.4, -0.2) is 22.0 Å². The number of aliphatic hydroxyl groups is 1. The maximum atomic E-state index is 12.9. The number of carbonyl (C=O) groups excluding carboxylic acids is 1. The van der Waals surface area contributed by atoms with E-state index in [0.717, 1.165) is 19.1 Å². The third-order valence-electron chi connectivity index (χ3n) is 2.58. The van der Waals surface area contributed by atoms with Crippen LogP contribution in [0.4, 0.5) is 13.2 Å². The fourth-order valence-corrected chi connectivity index (χ4v) is 2.10. The predicted octanol–water partition coefficient (Wildman–Crippen LogP) is 2.85. The fraction of sp³-hybridized carbons (Fsp3) is 0.333. The largest absolute Gasteiger partial charge is 0.479 e. The van der Waals surface area contributed by atoms with Crippen LogP contribution in [0.3, 0.4) is 0 Å². The summed E-state index contributed by atoms with van der Waals surface area (Å²) in [5, 5.41) is 18.3. The number of hydrogen-bond donors (Lipinski definition) is 2. The molecule has 0 heterocycles. The van der Waals surface area contributed by atoms with Gasteiger partial charge in [0.2, 0.25) is 0 Å². The molecular weight excluding hydrogens is 345 g/mol. The predicted molar refractivity (Wildman–Crippen MR) is 66.4 cm³/mol. The average molecular weight is 355 g/mol. The highest BCUT2D eigenvalue weighted by Crippen LogP contribution is 2.40. The van der Waals surface area contributed by atoms with Crippen LogP contribution in [0, 0.1) is 0 Å². The van der Waals surface area contributed by atoms with Crippen LogP contribution in [-0.2, 0) is 15.8 Å². The Balaban J connectivity index is 3.61. The number of aliphatic carboxylic acids is 1. The molecule has 0 bridgehead atoms. The number of rotatable bonds is 4. The highest BCUT2D eigenvalue weighted by atomic mass is 79.9. The molecule has 1 rings (SSSR count). The summed E-state index contributed by atoms with van der Waals surface area (Å²) >= 11 is 2.90. The molecule has 4 nitrogen and oxygen atoms in total. The van der Waals surface area contributed by atoms with Gasteiger partial charge in [0.05, 0.1) is 10.4 Å². The number of carbonyl (C=O) groups is 2. The molecule has 2 atom stereocenters. The van der Waals surface area contributed by atoms with Crippen LogP contribution >= 0.6 is 15.9 Å². The summed E-state index contributed by atoms with van der Waals surface area (Å²) in [5.41, 5.74) is -2.33. The second-order valence-electron chi connectivity index (χ2n) is 4.02. The molecular formula is C12H10BrF3O4. The van der Waals surface area contributed by atoms with Gasteiger partial charge in [-0.3, -0.25) is 4.79 Å². The van der Waals surface area contributed by atoms with Crippen molar-refractivity contribution < 1.29 is 33.0 Å². The first-order chi connectivity index (χ1) is 9.07. The number of halogens is 4. The fourth-order valence-electron chi connectivity index (χ4n) is 1.70. The number of aliphatic hydroxyl groups excluding tert-OH is 1. The third kappa shape index (κ3) is 3.37. The zero-order valence-corrected chi connectivity index (χ0v) is 11.7. The second kappa shape index (κ2) is 5.92. The van der Waals surface area contributed by atoms with Crippen molar-refractivity contribution in [1.82, 2.24) is 0 Å². The number of ketones is 1. The molecule has 20 heavy (non-hydrogen) atoms. The van der Waals surface area contributed by atoms with Gasteiger partial charge in [0.15, 0.2) is 6.10 Å². The topological polar surface area (TPSA) is 74.6 Å². The van der Waals surface area contributed by atoms with Crippen molar-refractivity contribution in [2.75, 3.05) is 0 Å². The molecule has 0 fully saturated rings. The van der Waals surface area contributed by atoms with E-state index in [1.54, 1.807) is 0 Å². The van der Waals surface area contributed by atoms with Crippen molar-refractivity contribution >= 4 is 27.7 Å². The number of carboxylic acids is 1. The normalized spacial score (nSPS) is 14.7. The maximum absolute atomic E-state index is 12.9. The summed E-state index contributed by atoms with van der Waals surface area (Å²) in [5.74, 6) is -2.34. The van der Waals surface area contributed by atoms with Crippen LogP contribution in [0.2, 0.25) is 0 Å². The Kier molecular flexibility index (Phi) is 4.93. The van der Waals surface area contributed by atoms with Gasteiger partial charge in [0, 0.05) is 5.56 Å². The van der Waals surface area contributed by atoms with E-state index in [4.69, 9.17) is 5.11 Å². The molecule has 0 radical (unpaired) electrons. The van der Waals surface area contributed by atoms with Crippen molar-refractivity contribution in [3.63, 3.8) is 0 Å². The lowest BCUT2D eigenvalue weighted by Crippen LogP contribution is -2.21. The number of benzene rings is 1. The Hall–Kier alpha value is -1.41. The Morgan fingerprint density at radius 2 is 1.85 bits per heavy atom. The van der Waals surface area contributed by atoms with Gasteiger partial charge in [-0.1, -0.05) is 28.1 Å². The van der Waals surface area contributed by atoms with E-state index in [2.05, 4.69) is 15.9 Å². The average Bonchev–Trinajstić information content (AvgIpc) is 2.34. The minimum Gasteiger partial charge on any atom is -0.479 e. The summed E-state index contributed by atoms with van der Waals surface area (Å²) in [6.07, 6.45) is -7.21. The summed E-state index contributed by atoms with van der Waals surface area (Å²) < 4.78 is 38.7. The van der Waals surface area contributed by atoms with Gasteiger partial charge in [-0.05, 0) is 18.6 Å². The van der Waals surface area contributed by atoms with Gasteiger partial charge in [-0.2, -0.15) is 13.2 Å². The Labute approximate surface area is 120 Å². The summed E-state index contributed by atoms with van der Waals surface area (Å²) in [4.78, 5) is 21.0. The Morgan fingerprint density at radius 1 is 1.30 bits per heavy atom. The SMILES string of the molecule is CC(=O)C(Br)c1cccc(C(F)(F)F)c1C(O)C(=O)O. The van der Waals surface area contributed by atoms with E-state index in [1.807, 2.05) is 0 Å². The highest BCUT2D eigenvalue weighted by molar-refractivity contribution is 9.09. The smallest absolute Gasteiger partial charge is 0.416 e. The van der Waals surface area contributed by atoms with Crippen LogP contribution in [0.5, 0.6) is 0 Å². The summed E-state index contributed by atoms with van der Waals surface area (Å²) in [6.45, 7) is 1.14. The van der Waals surface area contributed by atoms with Gasteiger partial charge in [0.25, 0.3) is 0 Å². The molecule has 1 aromatic rings. The van der Waals surface area contributed by atoms with Crippen molar-refractivity contribution in [1.29, 1.82) is 0 Å². The van der Waals surface area contributed by atoms with Crippen molar-refractivity contribution in [3.8, 4) is 0 Å². The molecule has 0 aliphatic carbocycles. The molecule has 2 unspecified atom stereocenters. The van der Waals surface area contributed by atoms with Gasteiger partial charge in [-0.15, -0.1) is 0 Å². The maximum Gasteiger partial charge on any atom is 0.416 e. The molecule has 0 spiro atoms. The van der Waals surface area contributed by atoms with Gasteiger partial charge in [-0.25, -0.2) is 4.79 Å². The van der Waals surface area contributed by atoms with Crippen molar-refractivity contribution in [2.45, 2.75) is 24.0 Å². The number of hydrogen-bond acceptors (Lipinski definition) is 3.